The van der Waals surface area contributed by atoms with Gasteiger partial charge in [-0.05, 0) is 44.5 Å². The summed E-state index contributed by atoms with van der Waals surface area (Å²) in [6.45, 7) is 6.31. The molecule has 0 unspecified atom stereocenters. The molecule has 1 aliphatic rings. The molecule has 148 valence electrons. The first-order valence-electron chi connectivity index (χ1n) is 9.43. The Bertz CT molecular complexity index is 854. The molecule has 7 heteroatoms. The first kappa shape index (κ1) is 19.8. The van der Waals surface area contributed by atoms with Crippen molar-refractivity contribution in [3.05, 3.63) is 53.5 Å². The van der Waals surface area contributed by atoms with Gasteiger partial charge in [-0.1, -0.05) is 6.07 Å². The smallest absolute Gasteiger partial charge is 0.339 e. The van der Waals surface area contributed by atoms with Crippen molar-refractivity contribution in [1.82, 2.24) is 4.98 Å². The minimum atomic E-state index is -0.484. The zero-order valence-corrected chi connectivity index (χ0v) is 16.2. The van der Waals surface area contributed by atoms with E-state index >= 15 is 0 Å². The Kier molecular flexibility index (Phi) is 6.23. The second kappa shape index (κ2) is 8.82. The predicted octanol–water partition coefficient (Wildman–Crippen LogP) is 3.32. The van der Waals surface area contributed by atoms with Gasteiger partial charge in [0.1, 0.15) is 11.6 Å². The maximum atomic E-state index is 14.2. The van der Waals surface area contributed by atoms with Crippen molar-refractivity contribution in [3.63, 3.8) is 0 Å². The molecule has 2 heterocycles. The maximum Gasteiger partial charge on any atom is 0.339 e. The molecule has 1 aromatic carbocycles. The maximum absolute atomic E-state index is 14.2. The fourth-order valence-electron chi connectivity index (χ4n) is 3.42. The first-order valence-corrected chi connectivity index (χ1v) is 9.43. The number of carbonyl (C=O) groups excluding carboxylic acids is 2. The van der Waals surface area contributed by atoms with Crippen LogP contribution in [0.2, 0.25) is 0 Å². The average molecular weight is 385 g/mol. The number of pyridine rings is 1. The van der Waals surface area contributed by atoms with E-state index in [0.717, 1.165) is 25.3 Å². The number of esters is 1. The lowest BCUT2D eigenvalue weighted by atomic mass is 10.1. The fraction of sp³-hybridized carbons (Fsp3) is 0.381. The Hall–Kier alpha value is -2.96. The van der Waals surface area contributed by atoms with Crippen LogP contribution in [0.3, 0.4) is 0 Å². The van der Waals surface area contributed by atoms with Gasteiger partial charge in [-0.2, -0.15) is 0 Å². The van der Waals surface area contributed by atoms with Gasteiger partial charge >= 0.3 is 5.97 Å². The lowest BCUT2D eigenvalue weighted by molar-refractivity contribution is 0.0525. The zero-order chi connectivity index (χ0) is 20.1. The Morgan fingerprint density at radius 3 is 2.54 bits per heavy atom. The normalized spacial score (nSPS) is 14.5. The zero-order valence-electron chi connectivity index (χ0n) is 16.2. The Morgan fingerprint density at radius 1 is 1.11 bits per heavy atom. The van der Waals surface area contributed by atoms with Gasteiger partial charge in [-0.3, -0.25) is 4.79 Å². The van der Waals surface area contributed by atoms with E-state index in [0.29, 0.717) is 30.9 Å². The van der Waals surface area contributed by atoms with Gasteiger partial charge in [0.15, 0.2) is 5.78 Å². The lowest BCUT2D eigenvalue weighted by Crippen LogP contribution is -2.32. The second-order valence-electron chi connectivity index (χ2n) is 6.64. The molecule has 0 N–H and O–H groups in total. The molecule has 0 radical (unpaired) electrons. The van der Waals surface area contributed by atoms with E-state index in [2.05, 4.69) is 9.88 Å². The molecule has 1 saturated heterocycles. The minimum absolute atomic E-state index is 0.146. The molecule has 0 atom stereocenters. The van der Waals surface area contributed by atoms with Crippen LogP contribution in [0.15, 0.2) is 36.5 Å². The SMILES string of the molecule is CCOC(=O)c1ccc(N2CCCN(c3cccc(F)c3C(C)=O)CC2)nc1. The summed E-state index contributed by atoms with van der Waals surface area (Å²) in [5.41, 5.74) is 1.21. The van der Waals surface area contributed by atoms with E-state index in [1.165, 1.54) is 19.2 Å². The third-order valence-electron chi connectivity index (χ3n) is 4.76. The van der Waals surface area contributed by atoms with Crippen LogP contribution in [-0.4, -0.2) is 49.5 Å². The molecule has 0 aliphatic carbocycles. The highest BCUT2D eigenvalue weighted by atomic mass is 19.1. The number of aromatic nitrogens is 1. The fourth-order valence-corrected chi connectivity index (χ4v) is 3.42. The van der Waals surface area contributed by atoms with E-state index in [9.17, 15) is 14.0 Å². The molecule has 0 bridgehead atoms. The summed E-state index contributed by atoms with van der Waals surface area (Å²) in [7, 11) is 0. The number of hydrogen-bond acceptors (Lipinski definition) is 6. The topological polar surface area (TPSA) is 62.7 Å². The molecule has 0 amide bonds. The minimum Gasteiger partial charge on any atom is -0.462 e. The number of nitrogens with zero attached hydrogens (tertiary/aromatic N) is 3. The number of ether oxygens (including phenoxy) is 1. The highest BCUT2D eigenvalue weighted by Crippen LogP contribution is 2.26. The van der Waals surface area contributed by atoms with Crippen LogP contribution in [0.25, 0.3) is 0 Å². The molecule has 6 nitrogen and oxygen atoms in total. The van der Waals surface area contributed by atoms with Crippen LogP contribution >= 0.6 is 0 Å². The molecule has 1 fully saturated rings. The number of benzene rings is 1. The predicted molar refractivity (Wildman–Crippen MR) is 106 cm³/mol. The number of rotatable bonds is 5. The van der Waals surface area contributed by atoms with Crippen molar-refractivity contribution in [2.75, 3.05) is 42.6 Å². The van der Waals surface area contributed by atoms with Gasteiger partial charge in [-0.25, -0.2) is 14.2 Å². The largest absolute Gasteiger partial charge is 0.462 e. The summed E-state index contributed by atoms with van der Waals surface area (Å²) in [5.74, 6) is -0.361. The van der Waals surface area contributed by atoms with Crippen LogP contribution < -0.4 is 9.80 Å². The van der Waals surface area contributed by atoms with Crippen molar-refractivity contribution >= 4 is 23.3 Å². The second-order valence-corrected chi connectivity index (χ2v) is 6.64. The van der Waals surface area contributed by atoms with Gasteiger partial charge in [0.2, 0.25) is 0 Å². The summed E-state index contributed by atoms with van der Waals surface area (Å²) in [5, 5.41) is 0. The van der Waals surface area contributed by atoms with Crippen molar-refractivity contribution < 1.29 is 18.7 Å². The number of anilines is 2. The van der Waals surface area contributed by atoms with Crippen LogP contribution in [0.1, 0.15) is 41.0 Å². The molecule has 1 aliphatic heterocycles. The van der Waals surface area contributed by atoms with Gasteiger partial charge in [0, 0.05) is 32.4 Å². The third kappa shape index (κ3) is 4.30. The van der Waals surface area contributed by atoms with Gasteiger partial charge in [0.05, 0.1) is 23.4 Å². The molecule has 2 aromatic rings. The summed E-state index contributed by atoms with van der Waals surface area (Å²) < 4.78 is 19.1. The highest BCUT2D eigenvalue weighted by Gasteiger charge is 2.21. The summed E-state index contributed by atoms with van der Waals surface area (Å²) in [6, 6.07) is 8.27. The van der Waals surface area contributed by atoms with Crippen molar-refractivity contribution in [2.24, 2.45) is 0 Å². The lowest BCUT2D eigenvalue weighted by Gasteiger charge is -2.26. The molecular formula is C21H24FN3O3. The molecule has 1 aromatic heterocycles. The van der Waals surface area contributed by atoms with E-state index in [4.69, 9.17) is 4.74 Å². The monoisotopic (exact) mass is 385 g/mol. The molecule has 0 spiro atoms. The average Bonchev–Trinajstić information content (AvgIpc) is 2.94. The van der Waals surface area contributed by atoms with Gasteiger partial charge in [0.25, 0.3) is 0 Å². The molecule has 28 heavy (non-hydrogen) atoms. The van der Waals surface area contributed by atoms with Crippen molar-refractivity contribution in [2.45, 2.75) is 20.3 Å². The van der Waals surface area contributed by atoms with E-state index in [-0.39, 0.29) is 17.3 Å². The van der Waals surface area contributed by atoms with Crippen LogP contribution in [0.5, 0.6) is 0 Å². The summed E-state index contributed by atoms with van der Waals surface area (Å²) >= 11 is 0. The third-order valence-corrected chi connectivity index (χ3v) is 4.76. The van der Waals surface area contributed by atoms with Crippen LogP contribution in [-0.2, 0) is 4.74 Å². The van der Waals surface area contributed by atoms with Crippen molar-refractivity contribution in [3.8, 4) is 0 Å². The summed E-state index contributed by atoms with van der Waals surface area (Å²) in [4.78, 5) is 32.2. The molecule has 0 saturated carbocycles. The molecular weight excluding hydrogens is 361 g/mol. The molecule has 3 rings (SSSR count). The standard InChI is InChI=1S/C21H24FN3O3/c1-3-28-21(27)16-8-9-19(23-14-16)25-11-5-10-24(12-13-25)18-7-4-6-17(22)20(18)15(2)26/h4,6-9,14H,3,5,10-13H2,1-2H3. The van der Waals surface area contributed by atoms with Gasteiger partial charge < -0.3 is 14.5 Å². The van der Waals surface area contributed by atoms with E-state index in [1.54, 1.807) is 25.1 Å². The number of carbonyl (C=O) groups is 2. The van der Waals surface area contributed by atoms with Crippen LogP contribution in [0.4, 0.5) is 15.9 Å². The van der Waals surface area contributed by atoms with Crippen molar-refractivity contribution in [1.29, 1.82) is 0 Å². The van der Waals surface area contributed by atoms with Gasteiger partial charge in [-0.15, -0.1) is 0 Å². The highest BCUT2D eigenvalue weighted by molar-refractivity contribution is 6.00. The number of ketones is 1. The number of halogens is 1. The Labute approximate surface area is 163 Å². The summed E-state index contributed by atoms with van der Waals surface area (Å²) in [6.07, 6.45) is 2.37. The Balaban J connectivity index is 1.73. The van der Waals surface area contributed by atoms with Crippen LogP contribution in [0, 0.1) is 5.82 Å². The van der Waals surface area contributed by atoms with E-state index < -0.39 is 5.82 Å². The number of Topliss-reactive ketones (excluding diaryl/α,β-unsaturated/α-hetero) is 1. The number of hydrogen-bond donors (Lipinski definition) is 0. The quantitative estimate of drug-likeness (QED) is 0.581. The Morgan fingerprint density at radius 2 is 1.86 bits per heavy atom. The first-order chi connectivity index (χ1) is 13.5. The van der Waals surface area contributed by atoms with E-state index in [1.807, 2.05) is 11.0 Å².